The Bertz CT molecular complexity index is 367. The van der Waals surface area contributed by atoms with E-state index in [9.17, 15) is 0 Å². The minimum absolute atomic E-state index is 0.122. The number of ether oxygens (including phenoxy) is 3. The minimum atomic E-state index is -0.617. The van der Waals surface area contributed by atoms with E-state index in [2.05, 4.69) is 30.9 Å². The predicted octanol–water partition coefficient (Wildman–Crippen LogP) is 2.87. The summed E-state index contributed by atoms with van der Waals surface area (Å²) in [6, 6.07) is 0. The van der Waals surface area contributed by atoms with E-state index in [1.807, 2.05) is 13.8 Å². The van der Waals surface area contributed by atoms with Gasteiger partial charge in [-0.25, -0.2) is 0 Å². The van der Waals surface area contributed by atoms with Gasteiger partial charge in [0.2, 0.25) is 12.1 Å². The summed E-state index contributed by atoms with van der Waals surface area (Å²) in [5.41, 5.74) is -0.122. The maximum atomic E-state index is 5.45. The zero-order valence-electron chi connectivity index (χ0n) is 12.6. The van der Waals surface area contributed by atoms with Crippen molar-refractivity contribution in [3.05, 3.63) is 11.7 Å². The van der Waals surface area contributed by atoms with Crippen LogP contribution in [0.25, 0.3) is 0 Å². The van der Waals surface area contributed by atoms with E-state index >= 15 is 0 Å². The third-order valence-electron chi connectivity index (χ3n) is 2.55. The Kier molecular flexibility index (Phi) is 5.90. The Balaban J connectivity index is 2.90. The van der Waals surface area contributed by atoms with Crippen LogP contribution in [0, 0.1) is 5.41 Å². The van der Waals surface area contributed by atoms with Gasteiger partial charge in [-0.2, -0.15) is 4.98 Å². The lowest BCUT2D eigenvalue weighted by atomic mass is 9.88. The Morgan fingerprint density at radius 2 is 1.74 bits per heavy atom. The number of methoxy groups -OCH3 is 1. The summed E-state index contributed by atoms with van der Waals surface area (Å²) in [6.45, 7) is 11.0. The van der Waals surface area contributed by atoms with Crippen molar-refractivity contribution >= 4 is 0 Å². The molecule has 0 spiro atoms. The number of nitrogens with zero attached hydrogens (tertiary/aromatic N) is 2. The molecule has 0 fully saturated rings. The molecule has 1 aromatic rings. The van der Waals surface area contributed by atoms with Crippen LogP contribution in [-0.2, 0) is 14.2 Å². The Hall–Kier alpha value is -0.980. The number of aromatic nitrogens is 2. The quantitative estimate of drug-likeness (QED) is 0.711. The molecule has 1 atom stereocenters. The molecule has 1 rings (SSSR count). The van der Waals surface area contributed by atoms with E-state index < -0.39 is 6.29 Å². The van der Waals surface area contributed by atoms with Crippen LogP contribution in [0.1, 0.15) is 58.7 Å². The van der Waals surface area contributed by atoms with Crippen molar-refractivity contribution in [1.82, 2.24) is 10.1 Å². The zero-order chi connectivity index (χ0) is 14.5. The van der Waals surface area contributed by atoms with Gasteiger partial charge in [-0.1, -0.05) is 25.9 Å². The molecule has 0 aliphatic heterocycles. The topological polar surface area (TPSA) is 66.6 Å². The number of hydrogen-bond donors (Lipinski definition) is 0. The fourth-order valence-corrected chi connectivity index (χ4v) is 1.79. The molecule has 0 N–H and O–H groups in total. The summed E-state index contributed by atoms with van der Waals surface area (Å²) >= 11 is 0. The number of hydrogen-bond acceptors (Lipinski definition) is 6. The third kappa shape index (κ3) is 4.26. The molecule has 6 heteroatoms. The van der Waals surface area contributed by atoms with E-state index in [-0.39, 0.29) is 11.5 Å². The SMILES string of the molecule is CCOC(OCC)c1nc(C(OC)C(C)(C)C)no1. The van der Waals surface area contributed by atoms with Crippen molar-refractivity contribution in [2.75, 3.05) is 20.3 Å². The fraction of sp³-hybridized carbons (Fsp3) is 0.846. The first-order valence-corrected chi connectivity index (χ1v) is 6.53. The lowest BCUT2D eigenvalue weighted by molar-refractivity contribution is -0.155. The molecule has 110 valence electrons. The van der Waals surface area contributed by atoms with Gasteiger partial charge in [0.25, 0.3) is 5.89 Å². The van der Waals surface area contributed by atoms with Crippen LogP contribution >= 0.6 is 0 Å². The van der Waals surface area contributed by atoms with Gasteiger partial charge in [0.1, 0.15) is 6.10 Å². The first kappa shape index (κ1) is 16.1. The van der Waals surface area contributed by atoms with Crippen LogP contribution in [-0.4, -0.2) is 30.5 Å². The predicted molar refractivity (Wildman–Crippen MR) is 69.5 cm³/mol. The summed E-state index contributed by atoms with van der Waals surface area (Å²) < 4.78 is 21.5. The highest BCUT2D eigenvalue weighted by Crippen LogP contribution is 2.34. The maximum Gasteiger partial charge on any atom is 0.283 e. The van der Waals surface area contributed by atoms with Gasteiger partial charge >= 0.3 is 0 Å². The highest BCUT2D eigenvalue weighted by atomic mass is 16.7. The second-order valence-electron chi connectivity index (χ2n) is 5.22. The number of rotatable bonds is 7. The molecule has 0 saturated carbocycles. The largest absolute Gasteiger partial charge is 0.373 e. The van der Waals surface area contributed by atoms with Gasteiger partial charge in [0.15, 0.2) is 0 Å². The second-order valence-corrected chi connectivity index (χ2v) is 5.22. The first-order chi connectivity index (χ1) is 8.93. The Labute approximate surface area is 114 Å². The third-order valence-corrected chi connectivity index (χ3v) is 2.55. The molecule has 1 heterocycles. The highest BCUT2D eigenvalue weighted by molar-refractivity contribution is 4.97. The van der Waals surface area contributed by atoms with Crippen LogP contribution in [0.15, 0.2) is 4.52 Å². The molecular formula is C13H24N2O4. The van der Waals surface area contributed by atoms with Gasteiger partial charge in [-0.3, -0.25) is 0 Å². The Morgan fingerprint density at radius 1 is 1.16 bits per heavy atom. The van der Waals surface area contributed by atoms with Gasteiger partial charge in [0.05, 0.1) is 0 Å². The summed E-state index contributed by atoms with van der Waals surface area (Å²) in [5.74, 6) is 0.833. The van der Waals surface area contributed by atoms with Gasteiger partial charge < -0.3 is 18.7 Å². The molecular weight excluding hydrogens is 248 g/mol. The summed E-state index contributed by atoms with van der Waals surface area (Å²) in [4.78, 5) is 4.33. The fourth-order valence-electron chi connectivity index (χ4n) is 1.79. The van der Waals surface area contributed by atoms with E-state index in [1.165, 1.54) is 0 Å². The molecule has 0 amide bonds. The van der Waals surface area contributed by atoms with Crippen LogP contribution in [0.3, 0.4) is 0 Å². The molecule has 0 aliphatic carbocycles. The summed E-state index contributed by atoms with van der Waals surface area (Å²) in [7, 11) is 1.63. The standard InChI is InChI=1S/C13H24N2O4/c1-7-17-12(18-8-2)11-14-10(15-19-11)9(16-6)13(3,4)5/h9,12H,7-8H2,1-6H3. The highest BCUT2D eigenvalue weighted by Gasteiger charge is 2.32. The van der Waals surface area contributed by atoms with Crippen molar-refractivity contribution in [1.29, 1.82) is 0 Å². The summed E-state index contributed by atoms with van der Waals surface area (Å²) in [6.07, 6.45) is -0.859. The molecule has 0 bridgehead atoms. The van der Waals surface area contributed by atoms with Crippen molar-refractivity contribution in [3.63, 3.8) is 0 Å². The smallest absolute Gasteiger partial charge is 0.283 e. The molecule has 0 radical (unpaired) electrons. The lowest BCUT2D eigenvalue weighted by Gasteiger charge is -2.26. The first-order valence-electron chi connectivity index (χ1n) is 6.53. The van der Waals surface area contributed by atoms with E-state index in [0.717, 1.165) is 0 Å². The average molecular weight is 272 g/mol. The van der Waals surface area contributed by atoms with Crippen LogP contribution in [0.2, 0.25) is 0 Å². The molecule has 0 aromatic carbocycles. The maximum absolute atomic E-state index is 5.45. The lowest BCUT2D eigenvalue weighted by Crippen LogP contribution is -2.21. The van der Waals surface area contributed by atoms with Crippen molar-refractivity contribution in [2.45, 2.75) is 47.0 Å². The monoisotopic (exact) mass is 272 g/mol. The zero-order valence-corrected chi connectivity index (χ0v) is 12.6. The molecule has 19 heavy (non-hydrogen) atoms. The van der Waals surface area contributed by atoms with Crippen LogP contribution in [0.4, 0.5) is 0 Å². The van der Waals surface area contributed by atoms with E-state index in [0.29, 0.717) is 24.9 Å². The van der Waals surface area contributed by atoms with Gasteiger partial charge in [0, 0.05) is 20.3 Å². The van der Waals surface area contributed by atoms with E-state index in [1.54, 1.807) is 7.11 Å². The van der Waals surface area contributed by atoms with E-state index in [4.69, 9.17) is 18.7 Å². The minimum Gasteiger partial charge on any atom is -0.373 e. The van der Waals surface area contributed by atoms with Gasteiger partial charge in [-0.05, 0) is 19.3 Å². The van der Waals surface area contributed by atoms with Crippen LogP contribution < -0.4 is 0 Å². The average Bonchev–Trinajstić information content (AvgIpc) is 2.77. The van der Waals surface area contributed by atoms with Crippen molar-refractivity contribution in [2.24, 2.45) is 5.41 Å². The molecule has 1 aromatic heterocycles. The van der Waals surface area contributed by atoms with Crippen molar-refractivity contribution < 1.29 is 18.7 Å². The second kappa shape index (κ2) is 6.98. The normalized spacial score (nSPS) is 14.1. The van der Waals surface area contributed by atoms with Gasteiger partial charge in [-0.15, -0.1) is 0 Å². The molecule has 6 nitrogen and oxygen atoms in total. The Morgan fingerprint density at radius 3 is 2.16 bits per heavy atom. The van der Waals surface area contributed by atoms with Crippen molar-refractivity contribution in [3.8, 4) is 0 Å². The molecule has 0 aliphatic rings. The molecule has 0 saturated heterocycles. The molecule has 1 unspecified atom stereocenters. The summed E-state index contributed by atoms with van der Waals surface area (Å²) in [5, 5.41) is 3.97. The van der Waals surface area contributed by atoms with Crippen LogP contribution in [0.5, 0.6) is 0 Å².